The Bertz CT molecular complexity index is 701. The average molecular weight is 308 g/mol. The first kappa shape index (κ1) is 15.2. The number of hydrogen-bond acceptors (Lipinski definition) is 6. The zero-order chi connectivity index (χ0) is 16.2. The number of aryl methyl sites for hydroxylation is 1. The molecule has 6 nitrogen and oxygen atoms in total. The predicted molar refractivity (Wildman–Crippen MR) is 89.4 cm³/mol. The van der Waals surface area contributed by atoms with Crippen molar-refractivity contribution in [2.75, 3.05) is 29.9 Å². The average Bonchev–Trinajstić information content (AvgIpc) is 2.62. The molecule has 23 heavy (non-hydrogen) atoms. The number of piperidine rings is 1. The first-order valence-electron chi connectivity index (χ1n) is 7.80. The third-order valence-electron chi connectivity index (χ3n) is 4.37. The molecule has 0 aromatic carbocycles. The Morgan fingerprint density at radius 2 is 2.04 bits per heavy atom. The maximum atomic E-state index is 9.29. The van der Waals surface area contributed by atoms with E-state index in [4.69, 9.17) is 0 Å². The highest BCUT2D eigenvalue weighted by molar-refractivity contribution is 5.54. The zero-order valence-electron chi connectivity index (χ0n) is 13.5. The lowest BCUT2D eigenvalue weighted by Gasteiger charge is -2.38. The molecule has 0 atom stereocenters. The molecule has 1 aliphatic heterocycles. The number of aromatic nitrogens is 3. The van der Waals surface area contributed by atoms with Crippen LogP contribution in [0.5, 0.6) is 0 Å². The van der Waals surface area contributed by atoms with Gasteiger partial charge >= 0.3 is 0 Å². The van der Waals surface area contributed by atoms with Crippen molar-refractivity contribution in [2.24, 2.45) is 0 Å². The molecule has 0 amide bonds. The van der Waals surface area contributed by atoms with E-state index < -0.39 is 0 Å². The molecule has 118 valence electrons. The topological polar surface area (TPSA) is 68.9 Å². The third kappa shape index (κ3) is 3.24. The van der Waals surface area contributed by atoms with Gasteiger partial charge in [0.15, 0.2) is 0 Å². The predicted octanol–water partition coefficient (Wildman–Crippen LogP) is 2.16. The van der Waals surface area contributed by atoms with Crippen LogP contribution in [-0.2, 0) is 0 Å². The Hall–Kier alpha value is -2.68. The van der Waals surface area contributed by atoms with E-state index in [1.54, 1.807) is 12.5 Å². The zero-order valence-corrected chi connectivity index (χ0v) is 13.5. The minimum Gasteiger partial charge on any atom is -0.356 e. The van der Waals surface area contributed by atoms with Gasteiger partial charge in [0.05, 0.1) is 5.56 Å². The van der Waals surface area contributed by atoms with Gasteiger partial charge in [-0.3, -0.25) is 0 Å². The highest BCUT2D eigenvalue weighted by Gasteiger charge is 2.25. The van der Waals surface area contributed by atoms with Gasteiger partial charge in [-0.25, -0.2) is 15.0 Å². The summed E-state index contributed by atoms with van der Waals surface area (Å²) in [5.74, 6) is 1.76. The second-order valence-electron chi connectivity index (χ2n) is 5.83. The van der Waals surface area contributed by atoms with Gasteiger partial charge < -0.3 is 9.80 Å². The van der Waals surface area contributed by atoms with Crippen molar-refractivity contribution in [1.29, 1.82) is 5.26 Å². The van der Waals surface area contributed by atoms with Crippen LogP contribution < -0.4 is 9.80 Å². The van der Waals surface area contributed by atoms with Gasteiger partial charge in [0.25, 0.3) is 0 Å². The van der Waals surface area contributed by atoms with Gasteiger partial charge in [0.1, 0.15) is 24.0 Å². The largest absolute Gasteiger partial charge is 0.356 e. The molecule has 0 aliphatic carbocycles. The highest BCUT2D eigenvalue weighted by Crippen LogP contribution is 2.25. The normalized spacial score (nSPS) is 15.3. The number of rotatable bonds is 3. The van der Waals surface area contributed by atoms with Crippen LogP contribution >= 0.6 is 0 Å². The van der Waals surface area contributed by atoms with Crippen LogP contribution in [0.1, 0.15) is 24.1 Å². The van der Waals surface area contributed by atoms with Gasteiger partial charge in [0.2, 0.25) is 0 Å². The lowest BCUT2D eigenvalue weighted by atomic mass is 10.0. The Balaban J connectivity index is 1.70. The molecule has 3 rings (SSSR count). The number of nitriles is 1. The third-order valence-corrected chi connectivity index (χ3v) is 4.37. The monoisotopic (exact) mass is 308 g/mol. The summed E-state index contributed by atoms with van der Waals surface area (Å²) in [6, 6.07) is 8.37. The van der Waals surface area contributed by atoms with Gasteiger partial charge in [-0.15, -0.1) is 0 Å². The maximum Gasteiger partial charge on any atom is 0.146 e. The molecule has 0 spiro atoms. The van der Waals surface area contributed by atoms with Crippen LogP contribution in [0.3, 0.4) is 0 Å². The van der Waals surface area contributed by atoms with E-state index in [0.29, 0.717) is 11.6 Å². The Labute approximate surface area is 136 Å². The Morgan fingerprint density at radius 3 is 2.70 bits per heavy atom. The smallest absolute Gasteiger partial charge is 0.146 e. The van der Waals surface area contributed by atoms with E-state index in [9.17, 15) is 5.26 Å². The second kappa shape index (κ2) is 6.61. The summed E-state index contributed by atoms with van der Waals surface area (Å²) in [6.07, 6.45) is 5.38. The van der Waals surface area contributed by atoms with E-state index in [1.807, 2.05) is 25.1 Å². The molecule has 1 fully saturated rings. The first-order valence-corrected chi connectivity index (χ1v) is 7.80. The maximum absolute atomic E-state index is 9.29. The molecule has 1 aliphatic rings. The standard InChI is InChI=1S/C17H20N6/c1-13-3-4-14(11-18)17(21-13)23-9-6-15(7-10-23)22(2)16-5-8-19-12-20-16/h3-5,8,12,15H,6-7,9-10H2,1-2H3. The van der Waals surface area contributed by atoms with Crippen molar-refractivity contribution in [3.63, 3.8) is 0 Å². The molecule has 0 bridgehead atoms. The summed E-state index contributed by atoms with van der Waals surface area (Å²) in [7, 11) is 2.08. The lowest BCUT2D eigenvalue weighted by molar-refractivity contribution is 0.477. The summed E-state index contributed by atoms with van der Waals surface area (Å²) in [6.45, 7) is 3.75. The van der Waals surface area contributed by atoms with Crippen molar-refractivity contribution in [1.82, 2.24) is 15.0 Å². The summed E-state index contributed by atoms with van der Waals surface area (Å²) >= 11 is 0. The van der Waals surface area contributed by atoms with Crippen molar-refractivity contribution in [3.05, 3.63) is 42.0 Å². The minimum atomic E-state index is 0.441. The molecular formula is C17H20N6. The van der Waals surface area contributed by atoms with Gasteiger partial charge in [0, 0.05) is 38.1 Å². The number of nitrogens with zero attached hydrogens (tertiary/aromatic N) is 6. The van der Waals surface area contributed by atoms with Crippen molar-refractivity contribution in [2.45, 2.75) is 25.8 Å². The lowest BCUT2D eigenvalue weighted by Crippen LogP contribution is -2.44. The van der Waals surface area contributed by atoms with Crippen LogP contribution in [0.25, 0.3) is 0 Å². The molecule has 0 unspecified atom stereocenters. The molecule has 6 heteroatoms. The highest BCUT2D eigenvalue weighted by atomic mass is 15.2. The molecule has 0 N–H and O–H groups in total. The Kier molecular flexibility index (Phi) is 4.38. The minimum absolute atomic E-state index is 0.441. The fourth-order valence-electron chi connectivity index (χ4n) is 3.02. The van der Waals surface area contributed by atoms with E-state index in [1.165, 1.54) is 0 Å². The van der Waals surface area contributed by atoms with Crippen LogP contribution in [0, 0.1) is 18.3 Å². The number of pyridine rings is 1. The second-order valence-corrected chi connectivity index (χ2v) is 5.83. The van der Waals surface area contributed by atoms with E-state index in [-0.39, 0.29) is 0 Å². The molecule has 2 aromatic rings. The van der Waals surface area contributed by atoms with Gasteiger partial charge in [-0.1, -0.05) is 0 Å². The number of anilines is 2. The molecule has 2 aromatic heterocycles. The molecule has 3 heterocycles. The fraction of sp³-hybridized carbons (Fsp3) is 0.412. The van der Waals surface area contributed by atoms with E-state index in [2.05, 4.69) is 37.9 Å². The molecule has 0 radical (unpaired) electrons. The first-order chi connectivity index (χ1) is 11.2. The molecular weight excluding hydrogens is 288 g/mol. The van der Waals surface area contributed by atoms with E-state index in [0.717, 1.165) is 43.3 Å². The van der Waals surface area contributed by atoms with Gasteiger partial charge in [-0.2, -0.15) is 5.26 Å². The van der Waals surface area contributed by atoms with Crippen molar-refractivity contribution >= 4 is 11.6 Å². The number of hydrogen-bond donors (Lipinski definition) is 0. The van der Waals surface area contributed by atoms with Crippen LogP contribution in [0.15, 0.2) is 30.7 Å². The van der Waals surface area contributed by atoms with E-state index >= 15 is 0 Å². The van der Waals surface area contributed by atoms with Crippen molar-refractivity contribution in [3.8, 4) is 6.07 Å². The van der Waals surface area contributed by atoms with Crippen LogP contribution in [-0.4, -0.2) is 41.1 Å². The molecule has 0 saturated carbocycles. The SMILES string of the molecule is Cc1ccc(C#N)c(N2CCC(N(C)c3ccncn3)CC2)n1. The van der Waals surface area contributed by atoms with Crippen molar-refractivity contribution < 1.29 is 0 Å². The summed E-state index contributed by atoms with van der Waals surface area (Å²) < 4.78 is 0. The molecule has 1 saturated heterocycles. The van der Waals surface area contributed by atoms with Gasteiger partial charge in [-0.05, 0) is 38.0 Å². The fourth-order valence-corrected chi connectivity index (χ4v) is 3.02. The van der Waals surface area contributed by atoms with Crippen LogP contribution in [0.4, 0.5) is 11.6 Å². The Morgan fingerprint density at radius 1 is 1.26 bits per heavy atom. The quantitative estimate of drug-likeness (QED) is 0.865. The summed E-state index contributed by atoms with van der Waals surface area (Å²) in [5.41, 5.74) is 1.59. The summed E-state index contributed by atoms with van der Waals surface area (Å²) in [5, 5.41) is 9.29. The summed E-state index contributed by atoms with van der Waals surface area (Å²) in [4.78, 5) is 17.3. The van der Waals surface area contributed by atoms with Crippen LogP contribution in [0.2, 0.25) is 0 Å².